The van der Waals surface area contributed by atoms with Gasteiger partial charge in [0.25, 0.3) is 0 Å². The monoisotopic (exact) mass is 806 g/mol. The van der Waals surface area contributed by atoms with Gasteiger partial charge in [0.1, 0.15) is 33.1 Å². The maximum absolute atomic E-state index is 5.65. The number of fused-ring (bicyclic) bond motifs is 18. The molecule has 16 rings (SSSR count). The van der Waals surface area contributed by atoms with Crippen LogP contribution in [0.2, 0.25) is 0 Å². The molecule has 0 aliphatic carbocycles. The lowest BCUT2D eigenvalue weighted by Gasteiger charge is -2.14. The van der Waals surface area contributed by atoms with Gasteiger partial charge in [-0.25, -0.2) is 39.9 Å². The zero-order valence-electron chi connectivity index (χ0n) is 32.8. The van der Waals surface area contributed by atoms with Crippen LogP contribution in [0.15, 0.2) is 97.1 Å². The van der Waals surface area contributed by atoms with Crippen LogP contribution in [0, 0.1) is 0 Å². The third-order valence-corrected chi connectivity index (χ3v) is 13.1. The fourth-order valence-electron chi connectivity index (χ4n) is 10.1. The van der Waals surface area contributed by atoms with Crippen molar-refractivity contribution in [3.63, 3.8) is 0 Å². The predicted molar refractivity (Wildman–Crippen MR) is 250 cm³/mol. The van der Waals surface area contributed by atoms with Gasteiger partial charge < -0.3 is 19.9 Å². The average Bonchev–Trinajstić information content (AvgIpc) is 4.17. The summed E-state index contributed by atoms with van der Waals surface area (Å²) in [6, 6.07) is 33.7. The van der Waals surface area contributed by atoms with E-state index in [9.17, 15) is 0 Å². The quantitative estimate of drug-likeness (QED) is 0.0868. The lowest BCUT2D eigenvalue weighted by atomic mass is 10.0. The summed E-state index contributed by atoms with van der Waals surface area (Å²) in [4.78, 5) is 58.9. The second-order valence-corrected chi connectivity index (χ2v) is 16.8. The summed E-state index contributed by atoms with van der Waals surface area (Å²) in [6.07, 6.45) is 8.87. The molecule has 0 fully saturated rings. The first-order chi connectivity index (χ1) is 31.1. The molecular formula is C51H26N12. The van der Waals surface area contributed by atoms with E-state index in [0.717, 1.165) is 117 Å². The molecule has 0 radical (unpaired) electrons. The van der Waals surface area contributed by atoms with Gasteiger partial charge in [-0.05, 0) is 121 Å². The molecule has 3 aliphatic heterocycles. The van der Waals surface area contributed by atoms with Gasteiger partial charge in [0.2, 0.25) is 0 Å². The Morgan fingerprint density at radius 1 is 0.317 bits per heavy atom. The van der Waals surface area contributed by atoms with E-state index in [1.54, 1.807) is 0 Å². The standard InChI is InChI=1S/C51H26N12/c1-13-34-28-7-8-29-36-15-3-24(54-36)20-25-5-17-38(56-25)32-11-12-33-39-18-6-27(57-39)21-26-4-16-37(55-26)31-10-9-30(35-14-2-23(53-35)19-22(1)52-34)42-43(31)61-50-48(60-42)46-47(59-41(29)40(28)58-46)49-51(50)63-45(33)44(32)62-49/h1-20,52,55-57H,21H2. The van der Waals surface area contributed by atoms with Crippen molar-refractivity contribution in [2.75, 3.05) is 0 Å². The zero-order valence-corrected chi connectivity index (χ0v) is 32.8. The lowest BCUT2D eigenvalue weighted by Crippen LogP contribution is -2.01. The van der Waals surface area contributed by atoms with Crippen LogP contribution in [0.25, 0.3) is 157 Å². The number of hydrogen-bond acceptors (Lipinski definition) is 8. The molecule has 0 atom stereocenters. The minimum absolute atomic E-state index is 0.577. The SMILES string of the molecule is C1=Cc2nc1cc1ccc([nH]1)c1ccc3c4nc(cc5ccc([nH]5)c5ccc6c7nc8c9nc%10c(ccc2c%10nc9c2nc1c3nc2c8nc75)-c1ccc([nH]1)Cc1ccc-6[nH]1)C=C4. The number of benzene rings is 4. The maximum atomic E-state index is 5.65. The summed E-state index contributed by atoms with van der Waals surface area (Å²) in [5.74, 6) is 0. The van der Waals surface area contributed by atoms with Crippen molar-refractivity contribution in [2.45, 2.75) is 6.42 Å². The average molecular weight is 807 g/mol. The van der Waals surface area contributed by atoms with E-state index in [4.69, 9.17) is 39.9 Å². The number of hydrogen-bond donors (Lipinski definition) is 4. The van der Waals surface area contributed by atoms with Gasteiger partial charge in [-0.2, -0.15) is 0 Å². The van der Waals surface area contributed by atoms with Crippen molar-refractivity contribution >= 4 is 134 Å². The Hall–Kier alpha value is -8.90. The van der Waals surface area contributed by atoms with Crippen LogP contribution < -0.4 is 0 Å². The van der Waals surface area contributed by atoms with E-state index in [-0.39, 0.29) is 0 Å². The van der Waals surface area contributed by atoms with Gasteiger partial charge in [-0.15, -0.1) is 0 Å². The fourth-order valence-corrected chi connectivity index (χ4v) is 10.1. The Labute approximate surface area is 352 Å². The smallest absolute Gasteiger partial charge is 0.120 e. The van der Waals surface area contributed by atoms with E-state index in [1.807, 2.05) is 18.2 Å². The third kappa shape index (κ3) is 4.27. The Balaban J connectivity index is 1.24. The largest absolute Gasteiger partial charge is 0.358 e. The molecule has 4 aromatic carbocycles. The number of aromatic nitrogens is 12. The Kier molecular flexibility index (Phi) is 5.61. The highest BCUT2D eigenvalue weighted by Crippen LogP contribution is 2.41. The van der Waals surface area contributed by atoms with Gasteiger partial charge in [-0.3, -0.25) is 0 Å². The van der Waals surface area contributed by atoms with Gasteiger partial charge in [-0.1, -0.05) is 0 Å². The molecule has 0 saturated carbocycles. The van der Waals surface area contributed by atoms with Crippen LogP contribution in [0.5, 0.6) is 0 Å². The van der Waals surface area contributed by atoms with Gasteiger partial charge in [0.15, 0.2) is 0 Å². The van der Waals surface area contributed by atoms with Crippen molar-refractivity contribution in [3.05, 3.63) is 131 Å². The zero-order chi connectivity index (χ0) is 40.7. The van der Waals surface area contributed by atoms with Crippen molar-refractivity contribution in [1.29, 1.82) is 0 Å². The van der Waals surface area contributed by atoms with E-state index in [1.165, 1.54) is 0 Å². The van der Waals surface area contributed by atoms with E-state index < -0.39 is 0 Å². The number of nitrogens with zero attached hydrogens (tertiary/aromatic N) is 8. The summed E-state index contributed by atoms with van der Waals surface area (Å²) in [5.41, 5.74) is 20.5. The molecule has 9 aromatic heterocycles. The van der Waals surface area contributed by atoms with Crippen molar-refractivity contribution in [3.8, 4) is 22.5 Å². The van der Waals surface area contributed by atoms with Crippen LogP contribution in [-0.2, 0) is 6.42 Å². The number of aromatic amines is 4. The fraction of sp³-hybridized carbons (Fsp3) is 0.0196. The molecule has 13 aromatic rings. The second kappa shape index (κ2) is 11.1. The van der Waals surface area contributed by atoms with Crippen LogP contribution in [0.4, 0.5) is 0 Å². The summed E-state index contributed by atoms with van der Waals surface area (Å²) in [6.45, 7) is 0. The Bertz CT molecular complexity index is 4480. The Morgan fingerprint density at radius 3 is 1.25 bits per heavy atom. The molecule has 24 bridgehead atoms. The second-order valence-electron chi connectivity index (χ2n) is 16.8. The lowest BCUT2D eigenvalue weighted by molar-refractivity contribution is 1.06. The first kappa shape index (κ1) is 31.9. The Morgan fingerprint density at radius 2 is 0.730 bits per heavy atom. The highest BCUT2D eigenvalue weighted by molar-refractivity contribution is 6.25. The summed E-state index contributed by atoms with van der Waals surface area (Å²) in [7, 11) is 0. The first-order valence-corrected chi connectivity index (χ1v) is 20.9. The molecule has 12 nitrogen and oxygen atoms in total. The van der Waals surface area contributed by atoms with Crippen molar-refractivity contribution in [2.24, 2.45) is 0 Å². The minimum Gasteiger partial charge on any atom is -0.358 e. The molecule has 0 saturated heterocycles. The van der Waals surface area contributed by atoms with Crippen LogP contribution in [0.3, 0.4) is 0 Å². The molecule has 12 heteroatoms. The van der Waals surface area contributed by atoms with E-state index in [0.29, 0.717) is 56.1 Å². The predicted octanol–water partition coefficient (Wildman–Crippen LogP) is 11.0. The summed E-state index contributed by atoms with van der Waals surface area (Å²) < 4.78 is 0. The summed E-state index contributed by atoms with van der Waals surface area (Å²) in [5, 5.41) is 3.52. The third-order valence-electron chi connectivity index (χ3n) is 13.1. The first-order valence-electron chi connectivity index (χ1n) is 20.9. The topological polar surface area (TPSA) is 166 Å². The van der Waals surface area contributed by atoms with Crippen LogP contribution >= 0.6 is 0 Å². The van der Waals surface area contributed by atoms with Gasteiger partial charge >= 0.3 is 0 Å². The number of nitrogens with one attached hydrogen (secondary N) is 4. The molecule has 4 N–H and O–H groups in total. The molecule has 63 heavy (non-hydrogen) atoms. The maximum Gasteiger partial charge on any atom is 0.120 e. The molecule has 0 unspecified atom stereocenters. The molecule has 0 amide bonds. The van der Waals surface area contributed by atoms with Crippen molar-refractivity contribution in [1.82, 2.24) is 59.8 Å². The molecule has 290 valence electrons. The van der Waals surface area contributed by atoms with E-state index in [2.05, 4.69) is 123 Å². The van der Waals surface area contributed by atoms with E-state index >= 15 is 0 Å². The molecule has 0 spiro atoms. The number of H-pyrrole nitrogens is 4. The minimum atomic E-state index is 0.577. The highest BCUT2D eigenvalue weighted by Gasteiger charge is 2.25. The normalized spacial score (nSPS) is 13.5. The molecule has 3 aliphatic rings. The molecule has 12 heterocycles. The summed E-state index contributed by atoms with van der Waals surface area (Å²) >= 11 is 0. The van der Waals surface area contributed by atoms with Crippen LogP contribution in [-0.4, -0.2) is 59.8 Å². The van der Waals surface area contributed by atoms with Crippen molar-refractivity contribution < 1.29 is 0 Å². The van der Waals surface area contributed by atoms with Gasteiger partial charge in [0, 0.05) is 83.9 Å². The highest BCUT2D eigenvalue weighted by atomic mass is 14.9. The van der Waals surface area contributed by atoms with Crippen LogP contribution in [0.1, 0.15) is 34.2 Å². The molecular weight excluding hydrogens is 781 g/mol. The van der Waals surface area contributed by atoms with Gasteiger partial charge in [0.05, 0.1) is 55.9 Å². The number of rotatable bonds is 0.